The summed E-state index contributed by atoms with van der Waals surface area (Å²) in [7, 11) is -1.84. The first-order chi connectivity index (χ1) is 11.5. The molecule has 0 bridgehead atoms. The molecular weight excluding hydrogens is 363 g/mol. The van der Waals surface area contributed by atoms with E-state index in [1.807, 2.05) is 6.92 Å². The van der Waals surface area contributed by atoms with E-state index in [1.54, 1.807) is 6.20 Å². The Kier molecular flexibility index (Phi) is 5.33. The van der Waals surface area contributed by atoms with Crippen molar-refractivity contribution in [3.8, 4) is 0 Å². The highest BCUT2D eigenvalue weighted by molar-refractivity contribution is 7.89. The number of amides is 2. The van der Waals surface area contributed by atoms with Crippen LogP contribution in [0.5, 0.6) is 0 Å². The third kappa shape index (κ3) is 4.06. The van der Waals surface area contributed by atoms with Crippen molar-refractivity contribution in [3.05, 3.63) is 12.3 Å². The number of aryl methyl sites for hydroxylation is 1. The van der Waals surface area contributed by atoms with Gasteiger partial charge in [0.15, 0.2) is 5.82 Å². The first kappa shape index (κ1) is 19.5. The maximum atomic E-state index is 13.3. The molecule has 2 atom stereocenters. The number of anilines is 1. The van der Waals surface area contributed by atoms with E-state index in [9.17, 15) is 26.4 Å². The smallest absolute Gasteiger partial charge is 0.322 e. The van der Waals surface area contributed by atoms with Crippen molar-refractivity contribution in [1.29, 1.82) is 0 Å². The van der Waals surface area contributed by atoms with Gasteiger partial charge in [-0.25, -0.2) is 17.5 Å². The summed E-state index contributed by atoms with van der Waals surface area (Å²) in [5.74, 6) is -1.95. The Balaban J connectivity index is 2.19. The minimum absolute atomic E-state index is 0.189. The van der Waals surface area contributed by atoms with Gasteiger partial charge in [0.05, 0.1) is 5.92 Å². The molecule has 2 rings (SSSR count). The maximum Gasteiger partial charge on any atom is 0.394 e. The monoisotopic (exact) mass is 383 g/mol. The van der Waals surface area contributed by atoms with Crippen molar-refractivity contribution < 1.29 is 26.4 Å². The molecule has 1 saturated heterocycles. The van der Waals surface area contributed by atoms with Gasteiger partial charge in [-0.1, -0.05) is 0 Å². The van der Waals surface area contributed by atoms with Crippen molar-refractivity contribution in [1.82, 2.24) is 19.0 Å². The normalized spacial score (nSPS) is 21.8. The van der Waals surface area contributed by atoms with Gasteiger partial charge in [0.1, 0.15) is 5.25 Å². The van der Waals surface area contributed by atoms with E-state index in [1.165, 1.54) is 24.8 Å². The highest BCUT2D eigenvalue weighted by atomic mass is 32.2. The number of nitrogens with zero attached hydrogens (tertiary/aromatic N) is 4. The first-order valence-corrected chi connectivity index (χ1v) is 9.04. The van der Waals surface area contributed by atoms with Crippen LogP contribution in [0.15, 0.2) is 12.3 Å². The van der Waals surface area contributed by atoms with Crippen LogP contribution < -0.4 is 5.32 Å². The van der Waals surface area contributed by atoms with Crippen LogP contribution in [0.2, 0.25) is 0 Å². The molecule has 1 aliphatic heterocycles. The molecule has 2 amide bonds. The van der Waals surface area contributed by atoms with Gasteiger partial charge in [-0.05, 0) is 6.92 Å². The second-order valence-corrected chi connectivity index (χ2v) is 8.27. The summed E-state index contributed by atoms with van der Waals surface area (Å²) in [6.45, 7) is 1.15. The van der Waals surface area contributed by atoms with Gasteiger partial charge >= 0.3 is 12.2 Å². The number of hydrogen-bond donors (Lipinski definition) is 1. The summed E-state index contributed by atoms with van der Waals surface area (Å²) in [4.78, 5) is 13.1. The van der Waals surface area contributed by atoms with Crippen molar-refractivity contribution in [2.45, 2.75) is 24.9 Å². The molecule has 0 spiro atoms. The zero-order chi connectivity index (χ0) is 19.0. The molecule has 2 heterocycles. The number of halogens is 3. The van der Waals surface area contributed by atoms with Crippen LogP contribution in [0.25, 0.3) is 0 Å². The lowest BCUT2D eigenvalue weighted by molar-refractivity contribution is -0.169. The van der Waals surface area contributed by atoms with Gasteiger partial charge in [-0.2, -0.15) is 18.3 Å². The molecule has 1 aromatic heterocycles. The topological polar surface area (TPSA) is 87.5 Å². The van der Waals surface area contributed by atoms with Crippen molar-refractivity contribution in [3.63, 3.8) is 0 Å². The molecule has 142 valence electrons. The Morgan fingerprint density at radius 1 is 1.40 bits per heavy atom. The van der Waals surface area contributed by atoms with E-state index in [0.717, 1.165) is 9.21 Å². The molecule has 12 heteroatoms. The van der Waals surface area contributed by atoms with Crippen LogP contribution >= 0.6 is 0 Å². The van der Waals surface area contributed by atoms with Gasteiger partial charge in [0.25, 0.3) is 0 Å². The number of nitrogens with one attached hydrogen (secondary N) is 1. The van der Waals surface area contributed by atoms with Gasteiger partial charge in [0, 0.05) is 46.0 Å². The van der Waals surface area contributed by atoms with Gasteiger partial charge < -0.3 is 4.90 Å². The third-order valence-corrected chi connectivity index (χ3v) is 6.33. The van der Waals surface area contributed by atoms with Gasteiger partial charge in [-0.15, -0.1) is 0 Å². The van der Waals surface area contributed by atoms with E-state index in [2.05, 4.69) is 10.4 Å². The fourth-order valence-electron chi connectivity index (χ4n) is 2.62. The molecule has 0 unspecified atom stereocenters. The van der Waals surface area contributed by atoms with E-state index in [0.29, 0.717) is 6.54 Å². The summed E-state index contributed by atoms with van der Waals surface area (Å²) < 4.78 is 66.5. The summed E-state index contributed by atoms with van der Waals surface area (Å²) >= 11 is 0. The van der Waals surface area contributed by atoms with E-state index in [4.69, 9.17) is 0 Å². The zero-order valence-corrected chi connectivity index (χ0v) is 14.8. The average Bonchev–Trinajstić information content (AvgIpc) is 3.13. The molecule has 0 aliphatic carbocycles. The summed E-state index contributed by atoms with van der Waals surface area (Å²) in [6.07, 6.45) is -3.12. The van der Waals surface area contributed by atoms with Crippen LogP contribution in [0.4, 0.5) is 23.8 Å². The number of carbonyl (C=O) groups is 1. The Hall–Kier alpha value is -1.82. The Bertz CT molecular complexity index is 732. The lowest BCUT2D eigenvalue weighted by Gasteiger charge is -2.23. The van der Waals surface area contributed by atoms with E-state index in [-0.39, 0.29) is 5.82 Å². The number of rotatable bonds is 4. The number of alkyl halides is 3. The Morgan fingerprint density at radius 3 is 2.52 bits per heavy atom. The number of aromatic nitrogens is 2. The SMILES string of the molecule is CCn1ccc(NC(=O)N2C[C@@H](C(F)(F)F)[C@H](S(=O)(=O)N(C)C)C2)n1. The highest BCUT2D eigenvalue weighted by Gasteiger charge is 2.56. The summed E-state index contributed by atoms with van der Waals surface area (Å²) in [5.41, 5.74) is 0. The van der Waals surface area contributed by atoms with Crippen molar-refractivity contribution in [2.24, 2.45) is 5.92 Å². The summed E-state index contributed by atoms with van der Waals surface area (Å²) in [6, 6.07) is 0.694. The number of urea groups is 1. The van der Waals surface area contributed by atoms with E-state index >= 15 is 0 Å². The lowest BCUT2D eigenvalue weighted by atomic mass is 10.1. The fourth-order valence-corrected chi connectivity index (χ4v) is 4.19. The van der Waals surface area contributed by atoms with Crippen molar-refractivity contribution >= 4 is 21.9 Å². The predicted octanol–water partition coefficient (Wildman–Crippen LogP) is 1.19. The first-order valence-electron chi connectivity index (χ1n) is 7.54. The minimum Gasteiger partial charge on any atom is -0.322 e. The lowest BCUT2D eigenvalue weighted by Crippen LogP contribution is -2.43. The number of sulfonamides is 1. The maximum absolute atomic E-state index is 13.3. The van der Waals surface area contributed by atoms with Gasteiger partial charge in [0.2, 0.25) is 10.0 Å². The molecule has 0 aromatic carbocycles. The average molecular weight is 383 g/mol. The molecule has 0 radical (unpaired) electrons. The molecule has 8 nitrogen and oxygen atoms in total. The molecule has 25 heavy (non-hydrogen) atoms. The standard InChI is InChI=1S/C13H20F3N5O3S/c1-4-21-6-5-11(18-21)17-12(22)20-7-9(13(14,15)16)10(8-20)25(23,24)19(2)3/h5-6,9-10H,4,7-8H2,1-3H3,(H,17,18,22)/t9-,10-/m1/s1. The highest BCUT2D eigenvalue weighted by Crippen LogP contribution is 2.37. The molecule has 1 aliphatic rings. The predicted molar refractivity (Wildman–Crippen MR) is 84.4 cm³/mol. The van der Waals surface area contributed by atoms with Gasteiger partial charge in [-0.3, -0.25) is 10.00 Å². The molecule has 1 aromatic rings. The number of hydrogen-bond acceptors (Lipinski definition) is 4. The fraction of sp³-hybridized carbons (Fsp3) is 0.692. The molecule has 1 N–H and O–H groups in total. The number of likely N-dealkylation sites (tertiary alicyclic amines) is 1. The van der Waals surface area contributed by atoms with Crippen LogP contribution in [-0.4, -0.2) is 72.0 Å². The second-order valence-electron chi connectivity index (χ2n) is 5.91. The van der Waals surface area contributed by atoms with Crippen LogP contribution in [0.1, 0.15) is 6.92 Å². The molecule has 1 fully saturated rings. The Labute approximate surface area is 143 Å². The number of carbonyl (C=O) groups excluding carboxylic acids is 1. The van der Waals surface area contributed by atoms with Crippen LogP contribution in [0, 0.1) is 5.92 Å². The largest absolute Gasteiger partial charge is 0.394 e. The molecule has 0 saturated carbocycles. The van der Waals surface area contributed by atoms with Crippen molar-refractivity contribution in [2.75, 3.05) is 32.5 Å². The third-order valence-electron chi connectivity index (χ3n) is 4.07. The molecular formula is C13H20F3N5O3S. The minimum atomic E-state index is -4.73. The van der Waals surface area contributed by atoms with Crippen LogP contribution in [-0.2, 0) is 16.6 Å². The zero-order valence-electron chi connectivity index (χ0n) is 14.0. The Morgan fingerprint density at radius 2 is 2.04 bits per heavy atom. The van der Waals surface area contributed by atoms with Crippen LogP contribution in [0.3, 0.4) is 0 Å². The summed E-state index contributed by atoms with van der Waals surface area (Å²) in [5, 5.41) is 4.67. The second kappa shape index (κ2) is 6.83. The van der Waals surface area contributed by atoms with E-state index < -0.39 is 46.5 Å². The quantitative estimate of drug-likeness (QED) is 0.846.